The van der Waals surface area contributed by atoms with Gasteiger partial charge in [-0.2, -0.15) is 5.10 Å². The number of aliphatic carboxylic acids is 1. The summed E-state index contributed by atoms with van der Waals surface area (Å²) in [5.41, 5.74) is 0.312. The van der Waals surface area contributed by atoms with Crippen LogP contribution in [0.5, 0.6) is 0 Å². The molecule has 1 aromatic heterocycles. The van der Waals surface area contributed by atoms with E-state index in [1.807, 2.05) is 13.8 Å². The lowest BCUT2D eigenvalue weighted by Crippen LogP contribution is -2.51. The molecule has 1 rings (SSSR count). The van der Waals surface area contributed by atoms with Gasteiger partial charge in [-0.05, 0) is 19.8 Å². The molecule has 6 nitrogen and oxygen atoms in total. The van der Waals surface area contributed by atoms with E-state index in [4.69, 9.17) is 5.11 Å². The van der Waals surface area contributed by atoms with Crippen molar-refractivity contribution in [1.29, 1.82) is 0 Å². The highest BCUT2D eigenvalue weighted by molar-refractivity contribution is 5.95. The Bertz CT molecular complexity index is 493. The van der Waals surface area contributed by atoms with E-state index in [1.165, 1.54) is 0 Å². The molecule has 0 saturated carbocycles. The first kappa shape index (κ1) is 15.2. The van der Waals surface area contributed by atoms with Crippen LogP contribution in [0.2, 0.25) is 0 Å². The van der Waals surface area contributed by atoms with Crippen molar-refractivity contribution in [3.05, 3.63) is 17.5 Å². The summed E-state index contributed by atoms with van der Waals surface area (Å²) in [6, 6.07) is 0. The second-order valence-electron chi connectivity index (χ2n) is 5.40. The fraction of sp³-hybridized carbons (Fsp3) is 0.615. The smallest absolute Gasteiger partial charge is 0.305 e. The van der Waals surface area contributed by atoms with Crippen molar-refractivity contribution in [2.24, 2.45) is 13.0 Å². The van der Waals surface area contributed by atoms with Crippen LogP contribution in [0.1, 0.15) is 43.2 Å². The third-order valence-electron chi connectivity index (χ3n) is 3.45. The predicted molar refractivity (Wildman–Crippen MR) is 70.9 cm³/mol. The van der Waals surface area contributed by atoms with Crippen LogP contribution in [0.4, 0.5) is 0 Å². The first-order chi connectivity index (χ1) is 8.65. The fourth-order valence-corrected chi connectivity index (χ4v) is 1.86. The molecular weight excluding hydrogens is 246 g/mol. The monoisotopic (exact) mass is 267 g/mol. The SMILES string of the molecule is Cc1nn(C)cc1C(=O)NC(C)(CC(=O)O)C(C)C. The molecule has 0 aromatic carbocycles. The van der Waals surface area contributed by atoms with Crippen molar-refractivity contribution in [3.63, 3.8) is 0 Å². The number of carboxylic acid groups (broad SMARTS) is 1. The van der Waals surface area contributed by atoms with Gasteiger partial charge < -0.3 is 10.4 Å². The number of nitrogens with zero attached hydrogens (tertiary/aromatic N) is 2. The minimum Gasteiger partial charge on any atom is -0.481 e. The van der Waals surface area contributed by atoms with Gasteiger partial charge in [-0.3, -0.25) is 14.3 Å². The number of hydrogen-bond acceptors (Lipinski definition) is 3. The maximum atomic E-state index is 12.2. The number of rotatable bonds is 5. The molecule has 0 aliphatic heterocycles. The van der Waals surface area contributed by atoms with Gasteiger partial charge in [-0.25, -0.2) is 0 Å². The first-order valence-electron chi connectivity index (χ1n) is 6.20. The average Bonchev–Trinajstić information content (AvgIpc) is 2.56. The maximum Gasteiger partial charge on any atom is 0.305 e. The Morgan fingerprint density at radius 2 is 2.11 bits per heavy atom. The van der Waals surface area contributed by atoms with Crippen LogP contribution >= 0.6 is 0 Å². The van der Waals surface area contributed by atoms with E-state index < -0.39 is 11.5 Å². The molecule has 1 aromatic rings. The quantitative estimate of drug-likeness (QED) is 0.843. The van der Waals surface area contributed by atoms with E-state index >= 15 is 0 Å². The van der Waals surface area contributed by atoms with Gasteiger partial charge in [0.1, 0.15) is 0 Å². The van der Waals surface area contributed by atoms with Gasteiger partial charge in [0.15, 0.2) is 0 Å². The largest absolute Gasteiger partial charge is 0.481 e. The minimum absolute atomic E-state index is 0.00419. The van der Waals surface area contributed by atoms with Gasteiger partial charge in [0.2, 0.25) is 0 Å². The van der Waals surface area contributed by atoms with Crippen LogP contribution < -0.4 is 5.32 Å². The maximum absolute atomic E-state index is 12.2. The Labute approximate surface area is 112 Å². The topological polar surface area (TPSA) is 84.2 Å². The van der Waals surface area contributed by atoms with Crippen LogP contribution in [0.25, 0.3) is 0 Å². The molecule has 0 fully saturated rings. The number of amides is 1. The minimum atomic E-state index is -0.931. The highest BCUT2D eigenvalue weighted by atomic mass is 16.4. The Kier molecular flexibility index (Phi) is 4.34. The number of aryl methyl sites for hydroxylation is 2. The summed E-state index contributed by atoms with van der Waals surface area (Å²) in [5.74, 6) is -1.22. The molecular formula is C13H21N3O3. The number of aromatic nitrogens is 2. The van der Waals surface area contributed by atoms with Crippen LogP contribution in [0.3, 0.4) is 0 Å². The number of carbonyl (C=O) groups excluding carboxylic acids is 1. The molecule has 0 radical (unpaired) electrons. The average molecular weight is 267 g/mol. The molecule has 1 atom stereocenters. The Morgan fingerprint density at radius 1 is 1.53 bits per heavy atom. The van der Waals surface area contributed by atoms with Gasteiger partial charge in [0, 0.05) is 13.2 Å². The van der Waals surface area contributed by atoms with Crippen molar-refractivity contribution in [3.8, 4) is 0 Å². The van der Waals surface area contributed by atoms with E-state index in [1.54, 1.807) is 31.8 Å². The van der Waals surface area contributed by atoms with E-state index in [9.17, 15) is 9.59 Å². The number of carbonyl (C=O) groups is 2. The molecule has 106 valence electrons. The standard InChI is InChI=1S/C13H21N3O3/c1-8(2)13(4,6-11(17)18)14-12(19)10-7-16(5)15-9(10)3/h7-8H,6H2,1-5H3,(H,14,19)(H,17,18). The Balaban J connectivity index is 2.94. The zero-order chi connectivity index (χ0) is 14.8. The summed E-state index contributed by atoms with van der Waals surface area (Å²) in [6.07, 6.45) is 1.52. The van der Waals surface area contributed by atoms with E-state index in [0.717, 1.165) is 0 Å². The summed E-state index contributed by atoms with van der Waals surface area (Å²) >= 11 is 0. The fourth-order valence-electron chi connectivity index (χ4n) is 1.86. The lowest BCUT2D eigenvalue weighted by Gasteiger charge is -2.33. The summed E-state index contributed by atoms with van der Waals surface area (Å²) in [5, 5.41) is 15.9. The highest BCUT2D eigenvalue weighted by Gasteiger charge is 2.33. The second kappa shape index (κ2) is 5.42. The summed E-state index contributed by atoms with van der Waals surface area (Å²) in [6.45, 7) is 7.27. The van der Waals surface area contributed by atoms with Crippen LogP contribution in [-0.2, 0) is 11.8 Å². The molecule has 19 heavy (non-hydrogen) atoms. The number of hydrogen-bond donors (Lipinski definition) is 2. The van der Waals surface area contributed by atoms with Crippen molar-refractivity contribution >= 4 is 11.9 Å². The van der Waals surface area contributed by atoms with E-state index in [2.05, 4.69) is 10.4 Å². The molecule has 6 heteroatoms. The highest BCUT2D eigenvalue weighted by Crippen LogP contribution is 2.22. The summed E-state index contributed by atoms with van der Waals surface area (Å²) in [7, 11) is 1.74. The van der Waals surface area contributed by atoms with E-state index in [0.29, 0.717) is 11.3 Å². The molecule has 0 bridgehead atoms. The van der Waals surface area contributed by atoms with Gasteiger partial charge in [0.25, 0.3) is 5.91 Å². The summed E-state index contributed by atoms with van der Waals surface area (Å²) < 4.78 is 1.56. The molecule has 1 unspecified atom stereocenters. The van der Waals surface area contributed by atoms with Gasteiger partial charge in [0.05, 0.1) is 23.2 Å². The number of nitrogens with one attached hydrogen (secondary N) is 1. The first-order valence-corrected chi connectivity index (χ1v) is 6.20. The van der Waals surface area contributed by atoms with Gasteiger partial charge >= 0.3 is 5.97 Å². The zero-order valence-corrected chi connectivity index (χ0v) is 12.0. The summed E-state index contributed by atoms with van der Waals surface area (Å²) in [4.78, 5) is 23.2. The molecule has 2 N–H and O–H groups in total. The molecule has 0 aliphatic carbocycles. The van der Waals surface area contributed by atoms with E-state index in [-0.39, 0.29) is 18.2 Å². The second-order valence-corrected chi connectivity index (χ2v) is 5.40. The Hall–Kier alpha value is -1.85. The normalized spacial score (nSPS) is 14.2. The molecule has 0 saturated heterocycles. The van der Waals surface area contributed by atoms with Crippen LogP contribution in [0.15, 0.2) is 6.20 Å². The Morgan fingerprint density at radius 3 is 2.47 bits per heavy atom. The third-order valence-corrected chi connectivity index (χ3v) is 3.45. The zero-order valence-electron chi connectivity index (χ0n) is 12.0. The molecule has 0 aliphatic rings. The number of carboxylic acids is 1. The molecule has 1 amide bonds. The predicted octanol–water partition coefficient (Wildman–Crippen LogP) is 1.35. The molecule has 0 spiro atoms. The lowest BCUT2D eigenvalue weighted by molar-refractivity contribution is -0.138. The van der Waals surface area contributed by atoms with Crippen LogP contribution in [-0.4, -0.2) is 32.3 Å². The lowest BCUT2D eigenvalue weighted by atomic mass is 9.85. The van der Waals surface area contributed by atoms with Gasteiger partial charge in [-0.1, -0.05) is 13.8 Å². The van der Waals surface area contributed by atoms with Crippen molar-refractivity contribution in [2.75, 3.05) is 0 Å². The van der Waals surface area contributed by atoms with Crippen molar-refractivity contribution in [1.82, 2.24) is 15.1 Å². The van der Waals surface area contributed by atoms with Crippen molar-refractivity contribution < 1.29 is 14.7 Å². The molecule has 1 heterocycles. The van der Waals surface area contributed by atoms with Crippen LogP contribution in [0, 0.1) is 12.8 Å². The van der Waals surface area contributed by atoms with Gasteiger partial charge in [-0.15, -0.1) is 0 Å². The van der Waals surface area contributed by atoms with Crippen molar-refractivity contribution in [2.45, 2.75) is 39.7 Å². The third kappa shape index (κ3) is 3.56.